The molecule has 3 N–H and O–H groups in total. The number of benzene rings is 1. The summed E-state index contributed by atoms with van der Waals surface area (Å²) in [5, 5.41) is 13.6. The van der Waals surface area contributed by atoms with Crippen LogP contribution < -0.4 is 11.1 Å². The van der Waals surface area contributed by atoms with Crippen molar-refractivity contribution in [2.24, 2.45) is 5.73 Å². The Hall–Kier alpha value is -2.28. The summed E-state index contributed by atoms with van der Waals surface area (Å²) in [7, 11) is 0. The van der Waals surface area contributed by atoms with Gasteiger partial charge in [-0.1, -0.05) is 0 Å². The van der Waals surface area contributed by atoms with Crippen LogP contribution in [0.15, 0.2) is 30.6 Å². The third-order valence-corrected chi connectivity index (χ3v) is 2.47. The van der Waals surface area contributed by atoms with Crippen molar-refractivity contribution in [3.63, 3.8) is 0 Å². The second-order valence-corrected chi connectivity index (χ2v) is 3.91. The zero-order valence-corrected chi connectivity index (χ0v) is 9.95. The first-order valence-electron chi connectivity index (χ1n) is 5.55. The molecule has 0 saturated carbocycles. The van der Waals surface area contributed by atoms with Crippen molar-refractivity contribution in [3.8, 4) is 5.69 Å². The van der Waals surface area contributed by atoms with Crippen molar-refractivity contribution in [1.29, 1.82) is 0 Å². The molecule has 18 heavy (non-hydrogen) atoms. The average Bonchev–Trinajstić information content (AvgIpc) is 2.92. The molecule has 0 radical (unpaired) electrons. The Balaban J connectivity index is 2.10. The van der Waals surface area contributed by atoms with Gasteiger partial charge in [0.25, 0.3) is 5.91 Å². The van der Waals surface area contributed by atoms with Gasteiger partial charge in [-0.2, -0.15) is 0 Å². The summed E-state index contributed by atoms with van der Waals surface area (Å²) in [6, 6.07) is 6.94. The zero-order chi connectivity index (χ0) is 13.0. The fourth-order valence-electron chi connectivity index (χ4n) is 1.41. The van der Waals surface area contributed by atoms with Gasteiger partial charge in [0.2, 0.25) is 0 Å². The molecule has 0 aliphatic rings. The van der Waals surface area contributed by atoms with Crippen molar-refractivity contribution >= 4 is 5.91 Å². The molecule has 0 aliphatic heterocycles. The number of hydrogen-bond donors (Lipinski definition) is 2. The van der Waals surface area contributed by atoms with E-state index in [0.717, 1.165) is 5.69 Å². The minimum absolute atomic E-state index is 0.0447. The van der Waals surface area contributed by atoms with Gasteiger partial charge in [0.1, 0.15) is 6.33 Å². The SMILES string of the molecule is C[C@H](CN)NC(=O)c1ccc(-n2cnnn2)cc1. The highest BCUT2D eigenvalue weighted by Gasteiger charge is 2.08. The highest BCUT2D eigenvalue weighted by molar-refractivity contribution is 5.94. The number of rotatable bonds is 4. The number of nitrogens with two attached hydrogens (primary N) is 1. The second-order valence-electron chi connectivity index (χ2n) is 3.91. The molecular formula is C11H14N6O. The van der Waals surface area contributed by atoms with Crippen LogP contribution in [0.2, 0.25) is 0 Å². The van der Waals surface area contributed by atoms with Gasteiger partial charge >= 0.3 is 0 Å². The van der Waals surface area contributed by atoms with Crippen molar-refractivity contribution in [2.45, 2.75) is 13.0 Å². The molecule has 0 bridgehead atoms. The molecule has 7 heteroatoms. The van der Waals surface area contributed by atoms with Gasteiger partial charge in [-0.3, -0.25) is 4.79 Å². The Morgan fingerprint density at radius 2 is 2.17 bits per heavy atom. The maximum Gasteiger partial charge on any atom is 0.251 e. The van der Waals surface area contributed by atoms with Crippen LogP contribution in [0.5, 0.6) is 0 Å². The molecule has 2 rings (SSSR count). The molecule has 0 fully saturated rings. The maximum atomic E-state index is 11.8. The average molecular weight is 246 g/mol. The van der Waals surface area contributed by atoms with Crippen LogP contribution >= 0.6 is 0 Å². The van der Waals surface area contributed by atoms with E-state index in [1.165, 1.54) is 11.0 Å². The molecule has 0 spiro atoms. The van der Waals surface area contributed by atoms with Crippen LogP contribution in [0.25, 0.3) is 5.69 Å². The molecular weight excluding hydrogens is 232 g/mol. The van der Waals surface area contributed by atoms with Crippen LogP contribution in [0.1, 0.15) is 17.3 Å². The number of hydrogen-bond acceptors (Lipinski definition) is 5. The number of aromatic nitrogens is 4. The molecule has 2 aromatic rings. The first-order chi connectivity index (χ1) is 8.70. The minimum Gasteiger partial charge on any atom is -0.348 e. The summed E-state index contributed by atoms with van der Waals surface area (Å²) in [4.78, 5) is 11.8. The fraction of sp³-hybridized carbons (Fsp3) is 0.273. The van der Waals surface area contributed by atoms with E-state index in [4.69, 9.17) is 5.73 Å². The van der Waals surface area contributed by atoms with Gasteiger partial charge in [0.15, 0.2) is 0 Å². The Kier molecular flexibility index (Phi) is 3.63. The quantitative estimate of drug-likeness (QED) is 0.774. The predicted octanol–water partition coefficient (Wildman–Crippen LogP) is -0.261. The number of nitrogens with one attached hydrogen (secondary N) is 1. The van der Waals surface area contributed by atoms with E-state index in [1.54, 1.807) is 24.3 Å². The highest BCUT2D eigenvalue weighted by Crippen LogP contribution is 2.07. The summed E-state index contributed by atoms with van der Waals surface area (Å²) in [5.74, 6) is -0.142. The molecule has 1 aromatic heterocycles. The Morgan fingerprint density at radius 1 is 1.44 bits per heavy atom. The van der Waals surface area contributed by atoms with E-state index >= 15 is 0 Å². The van der Waals surface area contributed by atoms with E-state index in [2.05, 4.69) is 20.8 Å². The fourth-order valence-corrected chi connectivity index (χ4v) is 1.41. The predicted molar refractivity (Wildman–Crippen MR) is 65.1 cm³/mol. The molecule has 0 unspecified atom stereocenters. The van der Waals surface area contributed by atoms with Gasteiger partial charge in [0.05, 0.1) is 5.69 Å². The van der Waals surface area contributed by atoms with Crippen molar-refractivity contribution < 1.29 is 4.79 Å². The van der Waals surface area contributed by atoms with Crippen molar-refractivity contribution in [2.75, 3.05) is 6.54 Å². The first kappa shape index (κ1) is 12.2. The van der Waals surface area contributed by atoms with Gasteiger partial charge in [-0.25, -0.2) is 4.68 Å². The molecule has 1 aromatic carbocycles. The van der Waals surface area contributed by atoms with E-state index < -0.39 is 0 Å². The lowest BCUT2D eigenvalue weighted by molar-refractivity contribution is 0.0941. The van der Waals surface area contributed by atoms with Gasteiger partial charge in [0, 0.05) is 18.2 Å². The summed E-state index contributed by atoms with van der Waals surface area (Å²) in [6.45, 7) is 2.27. The summed E-state index contributed by atoms with van der Waals surface area (Å²) < 4.78 is 1.52. The van der Waals surface area contributed by atoms with Gasteiger partial charge in [-0.05, 0) is 41.6 Å². The van der Waals surface area contributed by atoms with Crippen LogP contribution in [0.3, 0.4) is 0 Å². The largest absolute Gasteiger partial charge is 0.348 e. The summed E-state index contributed by atoms with van der Waals surface area (Å²) in [6.07, 6.45) is 1.49. The first-order valence-corrected chi connectivity index (χ1v) is 5.55. The summed E-state index contributed by atoms with van der Waals surface area (Å²) >= 11 is 0. The van der Waals surface area contributed by atoms with Gasteiger partial charge in [-0.15, -0.1) is 5.10 Å². The smallest absolute Gasteiger partial charge is 0.251 e. The van der Waals surface area contributed by atoms with E-state index in [9.17, 15) is 4.79 Å². The van der Waals surface area contributed by atoms with E-state index in [-0.39, 0.29) is 11.9 Å². The summed E-state index contributed by atoms with van der Waals surface area (Å²) in [5.41, 5.74) is 6.82. The molecule has 1 atom stereocenters. The molecule has 1 heterocycles. The van der Waals surface area contributed by atoms with Crippen LogP contribution in [0.4, 0.5) is 0 Å². The third kappa shape index (κ3) is 2.69. The lowest BCUT2D eigenvalue weighted by atomic mass is 10.2. The molecule has 0 saturated heterocycles. The van der Waals surface area contributed by atoms with Crippen molar-refractivity contribution in [1.82, 2.24) is 25.5 Å². The van der Waals surface area contributed by atoms with E-state index in [1.807, 2.05) is 6.92 Å². The van der Waals surface area contributed by atoms with E-state index in [0.29, 0.717) is 12.1 Å². The molecule has 94 valence electrons. The van der Waals surface area contributed by atoms with Crippen LogP contribution in [-0.2, 0) is 0 Å². The monoisotopic (exact) mass is 246 g/mol. The Bertz CT molecular complexity index is 507. The zero-order valence-electron chi connectivity index (χ0n) is 9.95. The van der Waals surface area contributed by atoms with Crippen LogP contribution in [0, 0.1) is 0 Å². The second kappa shape index (κ2) is 5.37. The molecule has 1 amide bonds. The lowest BCUT2D eigenvalue weighted by Gasteiger charge is -2.11. The van der Waals surface area contributed by atoms with Gasteiger partial charge < -0.3 is 11.1 Å². The minimum atomic E-state index is -0.142. The molecule has 0 aliphatic carbocycles. The Labute approximate surface area is 104 Å². The normalized spacial score (nSPS) is 12.1. The number of carbonyl (C=O) groups excluding carboxylic acids is 1. The number of carbonyl (C=O) groups is 1. The van der Waals surface area contributed by atoms with Crippen molar-refractivity contribution in [3.05, 3.63) is 36.2 Å². The lowest BCUT2D eigenvalue weighted by Crippen LogP contribution is -2.37. The van der Waals surface area contributed by atoms with Crippen LogP contribution in [-0.4, -0.2) is 38.7 Å². The Morgan fingerprint density at radius 3 is 2.72 bits per heavy atom. The number of amides is 1. The number of nitrogens with zero attached hydrogens (tertiary/aromatic N) is 4. The number of tetrazole rings is 1. The highest BCUT2D eigenvalue weighted by atomic mass is 16.1. The standard InChI is InChI=1S/C11H14N6O/c1-8(6-12)14-11(18)9-2-4-10(5-3-9)17-7-13-15-16-17/h2-5,7-8H,6,12H2,1H3,(H,14,18)/t8-/m1/s1. The third-order valence-electron chi connectivity index (χ3n) is 2.47. The topological polar surface area (TPSA) is 98.7 Å². The maximum absolute atomic E-state index is 11.8. The molecule has 7 nitrogen and oxygen atoms in total.